The summed E-state index contributed by atoms with van der Waals surface area (Å²) in [5, 5.41) is 9.86. The van der Waals surface area contributed by atoms with E-state index in [-0.39, 0.29) is 5.89 Å². The lowest BCUT2D eigenvalue weighted by atomic mass is 10.0. The van der Waals surface area contributed by atoms with Gasteiger partial charge in [0.25, 0.3) is 0 Å². The van der Waals surface area contributed by atoms with E-state index in [2.05, 4.69) is 4.98 Å². The molecule has 2 rings (SSSR count). The highest BCUT2D eigenvalue weighted by molar-refractivity contribution is 5.16. The Kier molecular flexibility index (Phi) is 3.34. The summed E-state index contributed by atoms with van der Waals surface area (Å²) in [6.45, 7) is 0. The number of oxazole rings is 1. The maximum atomic E-state index is 9.86. The van der Waals surface area contributed by atoms with Gasteiger partial charge >= 0.3 is 0 Å². The van der Waals surface area contributed by atoms with Crippen molar-refractivity contribution < 1.29 is 9.52 Å². The molecular formula is C12H14N2O2. The van der Waals surface area contributed by atoms with E-state index in [0.717, 1.165) is 5.56 Å². The molecule has 2 aromatic rings. The lowest BCUT2D eigenvalue weighted by Gasteiger charge is -2.15. The van der Waals surface area contributed by atoms with Crippen LogP contribution < -0.4 is 5.73 Å². The van der Waals surface area contributed by atoms with Crippen LogP contribution in [0, 0.1) is 0 Å². The maximum absolute atomic E-state index is 9.86. The monoisotopic (exact) mass is 218 g/mol. The topological polar surface area (TPSA) is 72.3 Å². The highest BCUT2D eigenvalue weighted by Crippen LogP contribution is 2.16. The van der Waals surface area contributed by atoms with Gasteiger partial charge in [0.05, 0.1) is 6.20 Å². The van der Waals surface area contributed by atoms with Crippen LogP contribution in [0.5, 0.6) is 0 Å². The minimum absolute atomic E-state index is 0.267. The molecule has 1 aromatic heterocycles. The average molecular weight is 218 g/mol. The van der Waals surface area contributed by atoms with Crippen LogP contribution in [-0.4, -0.2) is 16.1 Å². The van der Waals surface area contributed by atoms with Gasteiger partial charge in [-0.1, -0.05) is 30.3 Å². The molecule has 4 nitrogen and oxygen atoms in total. The van der Waals surface area contributed by atoms with E-state index in [1.807, 2.05) is 30.3 Å². The number of hydrogen-bond donors (Lipinski definition) is 2. The van der Waals surface area contributed by atoms with Gasteiger partial charge in [-0.2, -0.15) is 0 Å². The third kappa shape index (κ3) is 2.48. The lowest BCUT2D eigenvalue weighted by Crippen LogP contribution is -2.30. The van der Waals surface area contributed by atoms with Gasteiger partial charge in [0.15, 0.2) is 0 Å². The molecule has 3 N–H and O–H groups in total. The Morgan fingerprint density at radius 1 is 1.31 bits per heavy atom. The fourth-order valence-electron chi connectivity index (χ4n) is 1.56. The van der Waals surface area contributed by atoms with Gasteiger partial charge in [-0.3, -0.25) is 0 Å². The molecule has 2 atom stereocenters. The Bertz CT molecular complexity index is 414. The van der Waals surface area contributed by atoms with Crippen molar-refractivity contribution in [2.24, 2.45) is 5.73 Å². The Morgan fingerprint density at radius 3 is 2.69 bits per heavy atom. The largest absolute Gasteiger partial charge is 0.446 e. The van der Waals surface area contributed by atoms with Gasteiger partial charge in [0.2, 0.25) is 5.89 Å². The van der Waals surface area contributed by atoms with Gasteiger partial charge in [-0.15, -0.1) is 0 Å². The summed E-state index contributed by atoms with van der Waals surface area (Å²) in [5.74, 6) is 0.267. The predicted molar refractivity (Wildman–Crippen MR) is 59.6 cm³/mol. The van der Waals surface area contributed by atoms with Gasteiger partial charge < -0.3 is 15.3 Å². The fourth-order valence-corrected chi connectivity index (χ4v) is 1.56. The zero-order valence-corrected chi connectivity index (χ0v) is 8.78. The third-order valence-corrected chi connectivity index (χ3v) is 2.42. The van der Waals surface area contributed by atoms with Crippen LogP contribution >= 0.6 is 0 Å². The SMILES string of the molecule is NC(Cc1ccccc1)C(O)c1ncco1. The van der Waals surface area contributed by atoms with Crippen molar-refractivity contribution in [3.63, 3.8) is 0 Å². The number of aliphatic hydroxyl groups is 1. The van der Waals surface area contributed by atoms with E-state index in [1.54, 1.807) is 0 Å². The molecule has 84 valence electrons. The van der Waals surface area contributed by atoms with Crippen LogP contribution in [0.2, 0.25) is 0 Å². The Morgan fingerprint density at radius 2 is 2.06 bits per heavy atom. The molecule has 0 saturated carbocycles. The van der Waals surface area contributed by atoms with Crippen molar-refractivity contribution in [3.05, 3.63) is 54.2 Å². The molecule has 1 aromatic carbocycles. The quantitative estimate of drug-likeness (QED) is 0.810. The smallest absolute Gasteiger partial charge is 0.224 e. The molecule has 0 aliphatic rings. The van der Waals surface area contributed by atoms with Gasteiger partial charge in [-0.05, 0) is 12.0 Å². The minimum Gasteiger partial charge on any atom is -0.446 e. The normalized spacial score (nSPS) is 14.6. The molecule has 0 bridgehead atoms. The number of rotatable bonds is 4. The molecule has 0 spiro atoms. The fraction of sp³-hybridized carbons (Fsp3) is 0.250. The summed E-state index contributed by atoms with van der Waals surface area (Å²) in [5.41, 5.74) is 6.97. The number of aromatic nitrogens is 1. The first-order valence-electron chi connectivity index (χ1n) is 5.14. The predicted octanol–water partition coefficient (Wildman–Crippen LogP) is 1.28. The number of hydrogen-bond acceptors (Lipinski definition) is 4. The maximum Gasteiger partial charge on any atom is 0.224 e. The molecule has 4 heteroatoms. The summed E-state index contributed by atoms with van der Waals surface area (Å²) in [7, 11) is 0. The Hall–Kier alpha value is -1.65. The molecular weight excluding hydrogens is 204 g/mol. The van der Waals surface area contributed by atoms with Gasteiger partial charge in [0.1, 0.15) is 12.4 Å². The summed E-state index contributed by atoms with van der Waals surface area (Å²) < 4.78 is 5.01. The van der Waals surface area contributed by atoms with E-state index >= 15 is 0 Å². The summed E-state index contributed by atoms with van der Waals surface area (Å²) in [4.78, 5) is 3.88. The van der Waals surface area contributed by atoms with Crippen molar-refractivity contribution in [1.82, 2.24) is 4.98 Å². The van der Waals surface area contributed by atoms with Crippen molar-refractivity contribution in [1.29, 1.82) is 0 Å². The second-order valence-corrected chi connectivity index (χ2v) is 3.67. The third-order valence-electron chi connectivity index (χ3n) is 2.42. The molecule has 2 unspecified atom stereocenters. The lowest BCUT2D eigenvalue weighted by molar-refractivity contribution is 0.115. The standard InChI is InChI=1S/C12H14N2O2/c13-10(8-9-4-2-1-3-5-9)11(15)12-14-6-7-16-12/h1-7,10-11,15H,8,13H2. The van der Waals surface area contributed by atoms with Crippen LogP contribution in [0.25, 0.3) is 0 Å². The van der Waals surface area contributed by atoms with E-state index in [0.29, 0.717) is 6.42 Å². The Labute approximate surface area is 93.7 Å². The van der Waals surface area contributed by atoms with E-state index in [9.17, 15) is 5.11 Å². The molecule has 0 fully saturated rings. The van der Waals surface area contributed by atoms with Crippen molar-refractivity contribution in [3.8, 4) is 0 Å². The van der Waals surface area contributed by atoms with Crippen molar-refractivity contribution in [2.75, 3.05) is 0 Å². The van der Waals surface area contributed by atoms with E-state index in [1.165, 1.54) is 12.5 Å². The molecule has 0 saturated heterocycles. The molecule has 0 aliphatic heterocycles. The van der Waals surface area contributed by atoms with Crippen molar-refractivity contribution >= 4 is 0 Å². The summed E-state index contributed by atoms with van der Waals surface area (Å²) in [6.07, 6.45) is 2.64. The molecule has 0 amide bonds. The van der Waals surface area contributed by atoms with Crippen LogP contribution in [0.1, 0.15) is 17.6 Å². The second kappa shape index (κ2) is 4.92. The first-order valence-corrected chi connectivity index (χ1v) is 5.14. The second-order valence-electron chi connectivity index (χ2n) is 3.67. The minimum atomic E-state index is -0.866. The molecule has 0 aliphatic carbocycles. The van der Waals surface area contributed by atoms with Crippen LogP contribution in [-0.2, 0) is 6.42 Å². The first-order chi connectivity index (χ1) is 7.77. The Balaban J connectivity index is 2.01. The molecule has 0 radical (unpaired) electrons. The molecule has 16 heavy (non-hydrogen) atoms. The van der Waals surface area contributed by atoms with Gasteiger partial charge in [0, 0.05) is 6.04 Å². The number of nitrogens with zero attached hydrogens (tertiary/aromatic N) is 1. The number of nitrogens with two attached hydrogens (primary N) is 1. The van der Waals surface area contributed by atoms with Crippen LogP contribution in [0.15, 0.2) is 47.2 Å². The zero-order valence-electron chi connectivity index (χ0n) is 8.78. The molecule has 1 heterocycles. The van der Waals surface area contributed by atoms with Crippen LogP contribution in [0.3, 0.4) is 0 Å². The van der Waals surface area contributed by atoms with E-state index < -0.39 is 12.1 Å². The highest BCUT2D eigenvalue weighted by Gasteiger charge is 2.20. The van der Waals surface area contributed by atoms with Crippen LogP contribution in [0.4, 0.5) is 0 Å². The first kappa shape index (κ1) is 10.9. The number of benzene rings is 1. The average Bonchev–Trinajstić information content (AvgIpc) is 2.83. The van der Waals surface area contributed by atoms with Crippen molar-refractivity contribution in [2.45, 2.75) is 18.6 Å². The number of aliphatic hydroxyl groups excluding tert-OH is 1. The summed E-state index contributed by atoms with van der Waals surface area (Å²) >= 11 is 0. The van der Waals surface area contributed by atoms with E-state index in [4.69, 9.17) is 10.2 Å². The summed E-state index contributed by atoms with van der Waals surface area (Å²) in [6, 6.07) is 9.37. The highest BCUT2D eigenvalue weighted by atomic mass is 16.4. The zero-order chi connectivity index (χ0) is 11.4. The van der Waals surface area contributed by atoms with Gasteiger partial charge in [-0.25, -0.2) is 4.98 Å².